The molecule has 1 aliphatic carbocycles. The molecule has 3 aromatic rings. The molecule has 8 heteroatoms. The van der Waals surface area contributed by atoms with Gasteiger partial charge in [-0.2, -0.15) is 4.72 Å². The van der Waals surface area contributed by atoms with E-state index in [0.29, 0.717) is 0 Å². The van der Waals surface area contributed by atoms with Crippen LogP contribution in [-0.2, 0) is 21.2 Å². The average molecular weight is 496 g/mol. The molecule has 178 valence electrons. The van der Waals surface area contributed by atoms with Gasteiger partial charge in [0, 0.05) is 18.7 Å². The summed E-state index contributed by atoms with van der Waals surface area (Å²) in [7, 11) is -2.16. The van der Waals surface area contributed by atoms with Gasteiger partial charge >= 0.3 is 0 Å². The number of carbonyl (C=O) groups excluding carboxylic acids is 1. The maximum Gasteiger partial charge on any atom is 0.241 e. The van der Waals surface area contributed by atoms with E-state index in [1.54, 1.807) is 42.3 Å². The van der Waals surface area contributed by atoms with Gasteiger partial charge in [-0.05, 0) is 47.7 Å². The molecule has 0 aromatic heterocycles. The lowest BCUT2D eigenvalue weighted by Gasteiger charge is -2.29. The zero-order valence-corrected chi connectivity index (χ0v) is 20.7. The summed E-state index contributed by atoms with van der Waals surface area (Å²) in [6, 6.07) is 19.0. The molecule has 1 atom stereocenters. The highest BCUT2D eigenvalue weighted by molar-refractivity contribution is 7.89. The highest BCUT2D eigenvalue weighted by Gasteiger charge is 2.32. The first-order valence-corrected chi connectivity index (χ1v) is 13.3. The van der Waals surface area contributed by atoms with Gasteiger partial charge in [0.15, 0.2) is 0 Å². The Kier molecular flexibility index (Phi) is 7.30. The molecule has 1 fully saturated rings. The van der Waals surface area contributed by atoms with Crippen molar-refractivity contribution in [2.75, 3.05) is 7.05 Å². The summed E-state index contributed by atoms with van der Waals surface area (Å²) in [4.78, 5) is 15.6. The number of fused-ring (bicyclic) bond motifs is 1. The monoisotopic (exact) mass is 495 g/mol. The van der Waals surface area contributed by atoms with Gasteiger partial charge in [0.05, 0.1) is 4.90 Å². The smallest absolute Gasteiger partial charge is 0.241 e. The van der Waals surface area contributed by atoms with Crippen molar-refractivity contribution in [2.24, 2.45) is 5.73 Å². The summed E-state index contributed by atoms with van der Waals surface area (Å²) >= 11 is 5.01. The van der Waals surface area contributed by atoms with Crippen molar-refractivity contribution in [3.63, 3.8) is 0 Å². The van der Waals surface area contributed by atoms with Crippen LogP contribution in [0.2, 0.25) is 0 Å². The summed E-state index contributed by atoms with van der Waals surface area (Å²) in [6.07, 6.45) is 4.26. The zero-order valence-electron chi connectivity index (χ0n) is 19.1. The lowest BCUT2D eigenvalue weighted by Crippen LogP contribution is -2.50. The van der Waals surface area contributed by atoms with E-state index in [4.69, 9.17) is 18.0 Å². The fraction of sp³-hybridized carbons (Fsp3) is 0.308. The van der Waals surface area contributed by atoms with Gasteiger partial charge < -0.3 is 10.6 Å². The van der Waals surface area contributed by atoms with Crippen LogP contribution >= 0.6 is 12.2 Å². The molecule has 3 N–H and O–H groups in total. The van der Waals surface area contributed by atoms with Crippen molar-refractivity contribution in [3.8, 4) is 0 Å². The van der Waals surface area contributed by atoms with Crippen molar-refractivity contribution >= 4 is 43.9 Å². The number of thiocarbonyl (C=S) groups is 1. The number of nitrogens with two attached hydrogens (primary N) is 1. The van der Waals surface area contributed by atoms with Gasteiger partial charge in [-0.1, -0.05) is 79.7 Å². The number of hydrogen-bond acceptors (Lipinski definition) is 4. The fourth-order valence-corrected chi connectivity index (χ4v) is 5.89. The van der Waals surface area contributed by atoms with Gasteiger partial charge in [0.1, 0.15) is 11.0 Å². The van der Waals surface area contributed by atoms with Crippen LogP contribution in [-0.4, -0.2) is 43.3 Å². The van der Waals surface area contributed by atoms with E-state index in [0.717, 1.165) is 47.6 Å². The standard InChI is InChI=1S/C26H29N3O3S2/c1-29(22-8-4-5-9-22)26(30)24(16-18-10-12-20(13-11-18)25(27)33)28-34(31,32)23-15-14-19-6-2-3-7-21(19)17-23/h2-3,6-7,10-15,17,22,24,28H,4-5,8-9,16H2,1H3,(H2,27,33)/t24-/m0/s1. The minimum Gasteiger partial charge on any atom is -0.389 e. The third-order valence-corrected chi connectivity index (χ3v) is 8.23. The molecule has 0 heterocycles. The van der Waals surface area contributed by atoms with Crippen molar-refractivity contribution < 1.29 is 13.2 Å². The van der Waals surface area contributed by atoms with Gasteiger partial charge in [-0.3, -0.25) is 4.79 Å². The third-order valence-electron chi connectivity index (χ3n) is 6.53. The van der Waals surface area contributed by atoms with Gasteiger partial charge in [-0.25, -0.2) is 8.42 Å². The highest BCUT2D eigenvalue weighted by Crippen LogP contribution is 2.24. The Morgan fingerprint density at radius 1 is 1.06 bits per heavy atom. The molecule has 0 bridgehead atoms. The number of amides is 1. The van der Waals surface area contributed by atoms with Crippen LogP contribution in [0.4, 0.5) is 0 Å². The van der Waals surface area contributed by atoms with E-state index in [-0.39, 0.29) is 28.3 Å². The Morgan fingerprint density at radius 2 is 1.71 bits per heavy atom. The summed E-state index contributed by atoms with van der Waals surface area (Å²) in [5, 5.41) is 1.78. The van der Waals surface area contributed by atoms with Crippen molar-refractivity contribution in [2.45, 2.75) is 49.1 Å². The van der Waals surface area contributed by atoms with Crippen molar-refractivity contribution in [1.82, 2.24) is 9.62 Å². The average Bonchev–Trinajstić information content (AvgIpc) is 3.37. The first-order chi connectivity index (χ1) is 16.2. The lowest BCUT2D eigenvalue weighted by molar-refractivity contribution is -0.133. The predicted molar refractivity (Wildman–Crippen MR) is 139 cm³/mol. The molecular formula is C26H29N3O3S2. The minimum absolute atomic E-state index is 0.136. The second-order valence-electron chi connectivity index (χ2n) is 8.84. The molecule has 4 rings (SSSR count). The summed E-state index contributed by atoms with van der Waals surface area (Å²) in [5.74, 6) is -0.227. The van der Waals surface area contributed by atoms with Crippen LogP contribution in [0.25, 0.3) is 10.8 Å². The Morgan fingerprint density at radius 3 is 2.35 bits per heavy atom. The number of carbonyl (C=O) groups is 1. The Hall–Kier alpha value is -2.81. The summed E-state index contributed by atoms with van der Waals surface area (Å²) < 4.78 is 29.4. The molecule has 1 amide bonds. The van der Waals surface area contributed by atoms with E-state index >= 15 is 0 Å². The summed E-state index contributed by atoms with van der Waals surface area (Å²) in [5.41, 5.74) is 7.23. The minimum atomic E-state index is -3.93. The predicted octanol–water partition coefficient (Wildman–Crippen LogP) is 3.76. The maximum atomic E-state index is 13.5. The molecule has 6 nitrogen and oxygen atoms in total. The van der Waals surface area contributed by atoms with E-state index in [1.165, 1.54) is 0 Å². The van der Waals surface area contributed by atoms with Gasteiger partial charge in [0.25, 0.3) is 0 Å². The molecular weight excluding hydrogens is 466 g/mol. The number of likely N-dealkylation sites (N-methyl/N-ethyl adjacent to an activating group) is 1. The van der Waals surface area contributed by atoms with Crippen LogP contribution < -0.4 is 10.5 Å². The Bertz CT molecular complexity index is 1300. The first kappa shape index (κ1) is 24.3. The number of hydrogen-bond donors (Lipinski definition) is 2. The molecule has 1 saturated carbocycles. The largest absolute Gasteiger partial charge is 0.389 e. The molecule has 0 unspecified atom stereocenters. The van der Waals surface area contributed by atoms with Gasteiger partial charge in [-0.15, -0.1) is 0 Å². The number of nitrogens with one attached hydrogen (secondary N) is 1. The van der Waals surface area contributed by atoms with Crippen LogP contribution in [0.1, 0.15) is 36.8 Å². The lowest BCUT2D eigenvalue weighted by atomic mass is 10.0. The molecule has 3 aromatic carbocycles. The third kappa shape index (κ3) is 5.46. The SMILES string of the molecule is CN(C(=O)[C@H](Cc1ccc(C(N)=S)cc1)NS(=O)(=O)c1ccc2ccccc2c1)C1CCCC1. The first-order valence-electron chi connectivity index (χ1n) is 11.4. The van der Waals surface area contributed by atoms with Crippen LogP contribution in [0, 0.1) is 0 Å². The molecule has 34 heavy (non-hydrogen) atoms. The second kappa shape index (κ2) is 10.2. The Balaban J connectivity index is 1.62. The quantitative estimate of drug-likeness (QED) is 0.464. The number of nitrogens with zero attached hydrogens (tertiary/aromatic N) is 1. The van der Waals surface area contributed by atoms with E-state index in [9.17, 15) is 13.2 Å². The van der Waals surface area contributed by atoms with Gasteiger partial charge in [0.2, 0.25) is 15.9 Å². The van der Waals surface area contributed by atoms with Crippen molar-refractivity contribution in [3.05, 3.63) is 77.9 Å². The number of benzene rings is 3. The molecule has 1 aliphatic rings. The highest BCUT2D eigenvalue weighted by atomic mass is 32.2. The van der Waals surface area contributed by atoms with Crippen LogP contribution in [0.3, 0.4) is 0 Å². The summed E-state index contributed by atoms with van der Waals surface area (Å²) in [6.45, 7) is 0. The maximum absolute atomic E-state index is 13.5. The molecule has 0 saturated heterocycles. The van der Waals surface area contributed by atoms with E-state index in [1.807, 2.05) is 36.4 Å². The zero-order chi connectivity index (χ0) is 24.3. The molecule has 0 radical (unpaired) electrons. The van der Waals surface area contributed by atoms with Crippen LogP contribution in [0.5, 0.6) is 0 Å². The fourth-order valence-electron chi connectivity index (χ4n) is 4.53. The van der Waals surface area contributed by atoms with Crippen molar-refractivity contribution in [1.29, 1.82) is 0 Å². The Labute approximate surface area is 206 Å². The van der Waals surface area contributed by atoms with Crippen LogP contribution in [0.15, 0.2) is 71.6 Å². The van der Waals surface area contributed by atoms with E-state index < -0.39 is 16.1 Å². The normalized spacial score (nSPS) is 15.3. The molecule has 0 aliphatic heterocycles. The number of rotatable bonds is 8. The number of sulfonamides is 1. The topological polar surface area (TPSA) is 92.5 Å². The molecule has 0 spiro atoms. The van der Waals surface area contributed by atoms with E-state index in [2.05, 4.69) is 4.72 Å². The second-order valence-corrected chi connectivity index (χ2v) is 11.0.